The van der Waals surface area contributed by atoms with Crippen molar-refractivity contribution in [1.29, 1.82) is 0 Å². The van der Waals surface area contributed by atoms with E-state index in [0.29, 0.717) is 22.8 Å². The molecule has 1 aliphatic heterocycles. The van der Waals surface area contributed by atoms with E-state index in [0.717, 1.165) is 16.7 Å². The molecule has 3 aromatic rings. The van der Waals surface area contributed by atoms with E-state index in [9.17, 15) is 14.4 Å². The molecule has 146 valence electrons. The van der Waals surface area contributed by atoms with Gasteiger partial charge in [-0.15, -0.1) is 0 Å². The van der Waals surface area contributed by atoms with Crippen LogP contribution in [0.2, 0.25) is 5.02 Å². The van der Waals surface area contributed by atoms with Gasteiger partial charge in [0.15, 0.2) is 0 Å². The zero-order chi connectivity index (χ0) is 20.5. The number of hydrogen-bond donors (Lipinski definition) is 1. The van der Waals surface area contributed by atoms with E-state index in [2.05, 4.69) is 0 Å². The van der Waals surface area contributed by atoms with Crippen LogP contribution in [-0.2, 0) is 11.3 Å². The lowest BCUT2D eigenvalue weighted by atomic mass is 10.1. The quantitative estimate of drug-likeness (QED) is 0.598. The number of rotatable bonds is 5. The number of benzene rings is 1. The molecule has 3 amide bonds. The molecule has 2 N–H and O–H groups in total. The molecule has 1 fully saturated rings. The van der Waals surface area contributed by atoms with Crippen molar-refractivity contribution >= 4 is 46.5 Å². The third-order valence-electron chi connectivity index (χ3n) is 4.19. The van der Waals surface area contributed by atoms with Crippen molar-refractivity contribution < 1.29 is 23.2 Å². The van der Waals surface area contributed by atoms with Crippen molar-refractivity contribution in [3.63, 3.8) is 0 Å². The predicted molar refractivity (Wildman–Crippen MR) is 108 cm³/mol. The number of furan rings is 2. The summed E-state index contributed by atoms with van der Waals surface area (Å²) in [6.07, 6.45) is 2.99. The van der Waals surface area contributed by atoms with Crippen molar-refractivity contribution in [1.82, 2.24) is 4.90 Å². The summed E-state index contributed by atoms with van der Waals surface area (Å²) in [5.74, 6) is 0.378. The van der Waals surface area contributed by atoms with Gasteiger partial charge in [-0.05, 0) is 48.2 Å². The Morgan fingerprint density at radius 2 is 2.03 bits per heavy atom. The minimum Gasteiger partial charge on any atom is -0.467 e. The van der Waals surface area contributed by atoms with Crippen LogP contribution in [0.25, 0.3) is 17.4 Å². The van der Waals surface area contributed by atoms with Crippen molar-refractivity contribution in [2.24, 2.45) is 5.73 Å². The van der Waals surface area contributed by atoms with Crippen LogP contribution >= 0.6 is 23.4 Å². The number of thioether (sulfide) groups is 1. The van der Waals surface area contributed by atoms with Gasteiger partial charge in [-0.1, -0.05) is 17.7 Å². The summed E-state index contributed by atoms with van der Waals surface area (Å²) in [5, 5.41) is -0.162. The van der Waals surface area contributed by atoms with Crippen LogP contribution < -0.4 is 5.73 Å². The average molecular weight is 429 g/mol. The molecule has 0 atom stereocenters. The van der Waals surface area contributed by atoms with Gasteiger partial charge in [-0.3, -0.25) is 19.3 Å². The van der Waals surface area contributed by atoms with E-state index < -0.39 is 11.8 Å². The molecule has 0 unspecified atom stereocenters. The van der Waals surface area contributed by atoms with Crippen LogP contribution in [0.15, 0.2) is 62.5 Å². The van der Waals surface area contributed by atoms with Gasteiger partial charge in [0, 0.05) is 11.6 Å². The molecule has 0 spiro atoms. The van der Waals surface area contributed by atoms with Crippen LogP contribution in [0.5, 0.6) is 0 Å². The molecule has 9 heteroatoms. The number of carbonyl (C=O) groups is 3. The van der Waals surface area contributed by atoms with Gasteiger partial charge in [-0.25, -0.2) is 0 Å². The third kappa shape index (κ3) is 3.85. The van der Waals surface area contributed by atoms with E-state index in [4.69, 9.17) is 26.2 Å². The molecule has 2 aromatic heterocycles. The van der Waals surface area contributed by atoms with Gasteiger partial charge in [0.1, 0.15) is 17.3 Å². The molecule has 0 aliphatic carbocycles. The Kier molecular flexibility index (Phi) is 5.04. The molecule has 29 heavy (non-hydrogen) atoms. The minimum absolute atomic E-state index is 0.0725. The van der Waals surface area contributed by atoms with E-state index in [1.165, 1.54) is 18.4 Å². The summed E-state index contributed by atoms with van der Waals surface area (Å²) in [7, 11) is 0. The Labute approximate surface area is 174 Å². The Hall–Kier alpha value is -3.23. The summed E-state index contributed by atoms with van der Waals surface area (Å²) in [4.78, 5) is 37.4. The normalized spacial score (nSPS) is 15.5. The summed E-state index contributed by atoms with van der Waals surface area (Å²) in [6.45, 7) is 0.0725. The highest BCUT2D eigenvalue weighted by atomic mass is 35.5. The second-order valence-corrected chi connectivity index (χ2v) is 7.51. The number of imide groups is 1. The Balaban J connectivity index is 1.55. The average Bonchev–Trinajstić information content (AvgIpc) is 3.41. The number of carbonyl (C=O) groups excluding carboxylic acids is 3. The standard InChI is InChI=1S/C20H13ClN2O5S/c21-15-8-11(3-5-14(15)18(22)24)16-6-4-12(28-16)9-17-19(25)23(20(26)29-17)10-13-2-1-7-27-13/h1-9H,10H2,(H2,22,24)/b17-9+. The summed E-state index contributed by atoms with van der Waals surface area (Å²) >= 11 is 6.91. The van der Waals surface area contributed by atoms with E-state index in [1.807, 2.05) is 0 Å². The lowest BCUT2D eigenvalue weighted by Crippen LogP contribution is -2.27. The predicted octanol–water partition coefficient (Wildman–Crippen LogP) is 4.53. The molecule has 0 radical (unpaired) electrons. The topological polar surface area (TPSA) is 107 Å². The highest BCUT2D eigenvalue weighted by molar-refractivity contribution is 8.18. The maximum absolute atomic E-state index is 12.5. The van der Waals surface area contributed by atoms with E-state index in [-0.39, 0.29) is 27.3 Å². The number of halogens is 1. The lowest BCUT2D eigenvalue weighted by molar-refractivity contribution is -0.123. The second-order valence-electron chi connectivity index (χ2n) is 6.11. The highest BCUT2D eigenvalue weighted by Crippen LogP contribution is 2.34. The maximum atomic E-state index is 12.5. The fraction of sp³-hybridized carbons (Fsp3) is 0.0500. The van der Waals surface area contributed by atoms with E-state index in [1.54, 1.807) is 36.4 Å². The number of amides is 3. The first-order valence-corrected chi connectivity index (χ1v) is 9.59. The van der Waals surface area contributed by atoms with Gasteiger partial charge in [-0.2, -0.15) is 0 Å². The molecule has 0 saturated carbocycles. The molecule has 7 nitrogen and oxygen atoms in total. The summed E-state index contributed by atoms with van der Waals surface area (Å²) < 4.78 is 10.9. The zero-order valence-electron chi connectivity index (χ0n) is 14.8. The van der Waals surface area contributed by atoms with Crippen LogP contribution in [-0.4, -0.2) is 22.0 Å². The SMILES string of the molecule is NC(=O)c1ccc(-c2ccc(/C=C3/SC(=O)N(Cc4ccco4)C3=O)o2)cc1Cl. The zero-order valence-corrected chi connectivity index (χ0v) is 16.3. The molecule has 0 bridgehead atoms. The van der Waals surface area contributed by atoms with Gasteiger partial charge >= 0.3 is 0 Å². The van der Waals surface area contributed by atoms with Gasteiger partial charge in [0.2, 0.25) is 5.91 Å². The van der Waals surface area contributed by atoms with Gasteiger partial charge in [0.25, 0.3) is 11.1 Å². The van der Waals surface area contributed by atoms with Gasteiger partial charge in [0.05, 0.1) is 28.3 Å². The summed E-state index contributed by atoms with van der Waals surface area (Å²) in [6, 6.07) is 11.5. The monoisotopic (exact) mass is 428 g/mol. The van der Waals surface area contributed by atoms with Crippen LogP contribution in [0.4, 0.5) is 4.79 Å². The highest BCUT2D eigenvalue weighted by Gasteiger charge is 2.35. The van der Waals surface area contributed by atoms with E-state index >= 15 is 0 Å². The minimum atomic E-state index is -0.619. The maximum Gasteiger partial charge on any atom is 0.293 e. The number of nitrogens with zero attached hydrogens (tertiary/aromatic N) is 1. The molecular formula is C20H13ClN2O5S. The van der Waals surface area contributed by atoms with Crippen molar-refractivity contribution in [3.05, 3.63) is 75.7 Å². The molecular weight excluding hydrogens is 416 g/mol. The number of hydrogen-bond acceptors (Lipinski definition) is 6. The fourth-order valence-corrected chi connectivity index (χ4v) is 3.87. The molecule has 1 aromatic carbocycles. The molecule has 4 rings (SSSR count). The molecule has 1 aliphatic rings. The Bertz CT molecular complexity index is 1150. The van der Waals surface area contributed by atoms with Crippen LogP contribution in [0.1, 0.15) is 21.9 Å². The Morgan fingerprint density at radius 1 is 1.21 bits per heavy atom. The largest absolute Gasteiger partial charge is 0.467 e. The first-order chi connectivity index (χ1) is 13.9. The fourth-order valence-electron chi connectivity index (χ4n) is 2.78. The number of primary amides is 1. The Morgan fingerprint density at radius 3 is 2.72 bits per heavy atom. The van der Waals surface area contributed by atoms with Crippen molar-refractivity contribution in [2.45, 2.75) is 6.54 Å². The van der Waals surface area contributed by atoms with Gasteiger partial charge < -0.3 is 14.6 Å². The van der Waals surface area contributed by atoms with Crippen molar-refractivity contribution in [3.8, 4) is 11.3 Å². The number of nitrogens with two attached hydrogens (primary N) is 1. The van der Waals surface area contributed by atoms with Crippen molar-refractivity contribution in [2.75, 3.05) is 0 Å². The first kappa shape index (κ1) is 19.1. The molecule has 3 heterocycles. The third-order valence-corrected chi connectivity index (χ3v) is 5.41. The second kappa shape index (κ2) is 7.65. The lowest BCUT2D eigenvalue weighted by Gasteiger charge is -2.09. The van der Waals surface area contributed by atoms with Crippen LogP contribution in [0, 0.1) is 0 Å². The smallest absolute Gasteiger partial charge is 0.293 e. The van der Waals surface area contributed by atoms with Crippen LogP contribution in [0.3, 0.4) is 0 Å². The molecule has 1 saturated heterocycles. The summed E-state index contributed by atoms with van der Waals surface area (Å²) in [5.41, 5.74) is 6.11. The first-order valence-electron chi connectivity index (χ1n) is 8.39.